The van der Waals surface area contributed by atoms with Crippen molar-refractivity contribution in [1.82, 2.24) is 5.06 Å². The van der Waals surface area contributed by atoms with E-state index in [1.54, 1.807) is 36.4 Å². The first-order valence-corrected chi connectivity index (χ1v) is 12.0. The van der Waals surface area contributed by atoms with E-state index >= 15 is 0 Å². The van der Waals surface area contributed by atoms with Crippen LogP contribution in [0.4, 0.5) is 5.69 Å². The largest absolute Gasteiger partial charge is 0.758 e. The van der Waals surface area contributed by atoms with Gasteiger partial charge in [-0.25, -0.2) is 0 Å². The summed E-state index contributed by atoms with van der Waals surface area (Å²) in [7, 11) is -5.71. The van der Waals surface area contributed by atoms with Crippen LogP contribution in [0.2, 0.25) is 5.02 Å². The maximum Gasteiger partial charge on any atom is 0.295 e. The standard InChI is InChI=1S/C20H16ClN2O5S2/c21-16-7-8-19(29(25)13-14-4-3-9-23(24)12-14)17(11-16)22-30(26,27)20-10-15-5-1-2-6-18(15)28-20/h1-8,10-12,22H,9,13H2/q-1. The second-order valence-corrected chi connectivity index (χ2v) is 10.0. The third kappa shape index (κ3) is 4.44. The summed E-state index contributed by atoms with van der Waals surface area (Å²) in [4.78, 5) is 0.247. The van der Waals surface area contributed by atoms with E-state index in [9.17, 15) is 17.8 Å². The Morgan fingerprint density at radius 2 is 2.00 bits per heavy atom. The summed E-state index contributed by atoms with van der Waals surface area (Å²) in [5, 5.41) is 12.9. The van der Waals surface area contributed by atoms with Crippen LogP contribution in [-0.4, -0.2) is 30.0 Å². The molecule has 1 N–H and O–H groups in total. The third-order valence-electron chi connectivity index (χ3n) is 4.32. The lowest BCUT2D eigenvalue weighted by Crippen LogP contribution is -2.16. The molecule has 0 saturated heterocycles. The number of para-hydroxylation sites is 1. The van der Waals surface area contributed by atoms with Gasteiger partial charge in [-0.1, -0.05) is 42.0 Å². The lowest BCUT2D eigenvalue weighted by molar-refractivity contribution is 0.484. The van der Waals surface area contributed by atoms with Crippen molar-refractivity contribution >= 4 is 49.1 Å². The van der Waals surface area contributed by atoms with Crippen LogP contribution in [0.15, 0.2) is 86.9 Å². The van der Waals surface area contributed by atoms with Crippen molar-refractivity contribution in [2.24, 2.45) is 0 Å². The van der Waals surface area contributed by atoms with Crippen LogP contribution in [0.1, 0.15) is 0 Å². The lowest BCUT2D eigenvalue weighted by Gasteiger charge is -2.28. The summed E-state index contributed by atoms with van der Waals surface area (Å²) in [6, 6.07) is 12.7. The van der Waals surface area contributed by atoms with Gasteiger partial charge in [0.1, 0.15) is 5.58 Å². The molecule has 7 nitrogen and oxygen atoms in total. The molecule has 0 bridgehead atoms. The van der Waals surface area contributed by atoms with Crippen molar-refractivity contribution in [3.63, 3.8) is 0 Å². The second-order valence-electron chi connectivity index (χ2n) is 6.55. The summed E-state index contributed by atoms with van der Waals surface area (Å²) >= 11 is 6.04. The first-order chi connectivity index (χ1) is 14.3. The fourth-order valence-electron chi connectivity index (χ4n) is 2.97. The smallest absolute Gasteiger partial charge is 0.295 e. The number of halogens is 1. The van der Waals surface area contributed by atoms with Gasteiger partial charge in [-0.3, -0.25) is 8.93 Å². The number of rotatable bonds is 6. The van der Waals surface area contributed by atoms with Gasteiger partial charge in [0.15, 0.2) is 0 Å². The summed E-state index contributed by atoms with van der Waals surface area (Å²) in [6.45, 7) is 0.236. The molecule has 1 atom stereocenters. The molecule has 4 rings (SSSR count). The molecule has 1 aliphatic heterocycles. The van der Waals surface area contributed by atoms with Crippen LogP contribution in [-0.2, 0) is 20.8 Å². The maximum atomic E-state index is 12.9. The highest BCUT2D eigenvalue weighted by atomic mass is 35.5. The third-order valence-corrected chi connectivity index (χ3v) is 7.22. The Labute approximate surface area is 180 Å². The molecule has 3 aromatic rings. The molecular formula is C20H16ClN2O5S2-. The average molecular weight is 464 g/mol. The van der Waals surface area contributed by atoms with Crippen molar-refractivity contribution in [2.45, 2.75) is 9.99 Å². The molecule has 156 valence electrons. The molecule has 0 aliphatic carbocycles. The van der Waals surface area contributed by atoms with E-state index < -0.39 is 20.8 Å². The number of hydroxylamine groups is 2. The molecule has 1 unspecified atom stereocenters. The van der Waals surface area contributed by atoms with Gasteiger partial charge < -0.3 is 14.7 Å². The van der Waals surface area contributed by atoms with Crippen LogP contribution < -0.4 is 4.72 Å². The Morgan fingerprint density at radius 3 is 2.77 bits per heavy atom. The summed E-state index contributed by atoms with van der Waals surface area (Å²) in [6.07, 6.45) is 4.76. The number of hydrogen-bond donors (Lipinski definition) is 1. The number of nitrogens with zero attached hydrogens (tertiary/aromatic N) is 1. The van der Waals surface area contributed by atoms with Gasteiger partial charge in [0, 0.05) is 23.0 Å². The number of anilines is 1. The van der Waals surface area contributed by atoms with Gasteiger partial charge in [0.25, 0.3) is 10.0 Å². The quantitative estimate of drug-likeness (QED) is 0.586. The Hall–Kier alpha value is -2.59. The van der Waals surface area contributed by atoms with Crippen molar-refractivity contribution in [1.29, 1.82) is 0 Å². The molecule has 1 aromatic heterocycles. The first kappa shape index (κ1) is 20.7. The highest BCUT2D eigenvalue weighted by molar-refractivity contribution is 7.92. The highest BCUT2D eigenvalue weighted by Crippen LogP contribution is 2.29. The van der Waals surface area contributed by atoms with Crippen LogP contribution in [0.3, 0.4) is 0 Å². The van der Waals surface area contributed by atoms with Crippen LogP contribution in [0, 0.1) is 5.21 Å². The topological polar surface area (TPSA) is 103 Å². The van der Waals surface area contributed by atoms with Crippen molar-refractivity contribution in [3.8, 4) is 0 Å². The monoisotopic (exact) mass is 463 g/mol. The molecular weight excluding hydrogens is 448 g/mol. The van der Waals surface area contributed by atoms with E-state index in [1.165, 1.54) is 30.5 Å². The lowest BCUT2D eigenvalue weighted by atomic mass is 10.2. The number of sulfonamides is 1. The Kier molecular flexibility index (Phi) is 5.70. The number of hydrogen-bond acceptors (Lipinski definition) is 6. The maximum absolute atomic E-state index is 12.9. The molecule has 2 heterocycles. The van der Waals surface area contributed by atoms with Gasteiger partial charge >= 0.3 is 0 Å². The molecule has 0 amide bonds. The van der Waals surface area contributed by atoms with Gasteiger partial charge in [0.05, 0.1) is 27.1 Å². The highest BCUT2D eigenvalue weighted by Gasteiger charge is 2.23. The molecule has 0 spiro atoms. The minimum absolute atomic E-state index is 0.0518. The fourth-order valence-corrected chi connectivity index (χ4v) is 5.45. The number of furan rings is 1. The summed E-state index contributed by atoms with van der Waals surface area (Å²) in [5.41, 5.74) is 1.10. The van der Waals surface area contributed by atoms with E-state index in [1.807, 2.05) is 0 Å². The Morgan fingerprint density at radius 1 is 1.20 bits per heavy atom. The molecule has 10 heteroatoms. The van der Waals surface area contributed by atoms with Crippen LogP contribution in [0.25, 0.3) is 11.0 Å². The predicted molar refractivity (Wildman–Crippen MR) is 117 cm³/mol. The van der Waals surface area contributed by atoms with E-state index in [0.717, 1.165) is 5.06 Å². The SMILES string of the molecule is O=S(CC1=CN([O-])CC=C1)c1ccc(Cl)cc1NS(=O)(=O)c1cc2ccccc2o1. The molecule has 1 aliphatic rings. The average Bonchev–Trinajstić information content (AvgIpc) is 3.13. The van der Waals surface area contributed by atoms with Crippen LogP contribution in [0.5, 0.6) is 0 Å². The number of allylic oxidation sites excluding steroid dienone is 1. The fraction of sp³-hybridized carbons (Fsp3) is 0.100. The molecule has 2 aromatic carbocycles. The van der Waals surface area contributed by atoms with Gasteiger partial charge in [-0.2, -0.15) is 8.42 Å². The van der Waals surface area contributed by atoms with Crippen molar-refractivity contribution in [3.05, 3.63) is 82.7 Å². The molecule has 0 fully saturated rings. The van der Waals surface area contributed by atoms with Crippen molar-refractivity contribution < 1.29 is 17.0 Å². The Balaban J connectivity index is 1.64. The molecule has 30 heavy (non-hydrogen) atoms. The zero-order valence-electron chi connectivity index (χ0n) is 15.4. The minimum Gasteiger partial charge on any atom is -0.758 e. The van der Waals surface area contributed by atoms with Crippen LogP contribution >= 0.6 is 11.6 Å². The minimum atomic E-state index is -4.09. The van der Waals surface area contributed by atoms with Gasteiger partial charge in [-0.05, 0) is 36.0 Å². The second kappa shape index (κ2) is 8.27. The normalized spacial score (nSPS) is 15.3. The number of benzene rings is 2. The number of nitrogens with one attached hydrogen (secondary N) is 1. The zero-order valence-corrected chi connectivity index (χ0v) is 17.8. The predicted octanol–water partition coefficient (Wildman–Crippen LogP) is 4.25. The van der Waals surface area contributed by atoms with E-state index in [-0.39, 0.29) is 33.0 Å². The number of fused-ring (bicyclic) bond motifs is 1. The Bertz CT molecular complexity index is 1260. The zero-order chi connectivity index (χ0) is 21.3. The van der Waals surface area contributed by atoms with E-state index in [2.05, 4.69) is 4.72 Å². The van der Waals surface area contributed by atoms with E-state index in [0.29, 0.717) is 16.5 Å². The molecule has 0 saturated carbocycles. The van der Waals surface area contributed by atoms with E-state index in [4.69, 9.17) is 16.0 Å². The van der Waals surface area contributed by atoms with Gasteiger partial charge in [0.2, 0.25) is 5.09 Å². The summed E-state index contributed by atoms with van der Waals surface area (Å²) in [5.74, 6) is 0.0518. The molecule has 0 radical (unpaired) electrons. The van der Waals surface area contributed by atoms with Gasteiger partial charge in [-0.15, -0.1) is 0 Å². The van der Waals surface area contributed by atoms with Crippen molar-refractivity contribution in [2.75, 3.05) is 17.0 Å². The first-order valence-electron chi connectivity index (χ1n) is 8.82. The summed E-state index contributed by atoms with van der Waals surface area (Å²) < 4.78 is 46.5.